The van der Waals surface area contributed by atoms with Gasteiger partial charge in [0.05, 0.1) is 16.6 Å². The van der Waals surface area contributed by atoms with Gasteiger partial charge in [-0.05, 0) is 67.6 Å². The highest BCUT2D eigenvalue weighted by molar-refractivity contribution is 7.84. The van der Waals surface area contributed by atoms with E-state index in [4.69, 9.17) is 24.7 Å². The van der Waals surface area contributed by atoms with Crippen LogP contribution in [0.3, 0.4) is 0 Å². The van der Waals surface area contributed by atoms with Crippen molar-refractivity contribution in [1.82, 2.24) is 29.3 Å². The van der Waals surface area contributed by atoms with E-state index in [9.17, 15) is 31.4 Å². The molecule has 0 amide bonds. The third kappa shape index (κ3) is 12.8. The molecule has 0 saturated carbocycles. The highest BCUT2D eigenvalue weighted by Gasteiger charge is 2.21. The van der Waals surface area contributed by atoms with Crippen LogP contribution in [-0.4, -0.2) is 100 Å². The zero-order chi connectivity index (χ0) is 49.2. The van der Waals surface area contributed by atoms with E-state index in [-0.39, 0.29) is 45.6 Å². The molecule has 22 heteroatoms. The Morgan fingerprint density at radius 2 is 1.17 bits per heavy atom. The maximum Gasteiger partial charge on any atom is 0.313 e. The highest BCUT2D eigenvalue weighted by atomic mass is 32.2. The lowest BCUT2D eigenvalue weighted by Crippen LogP contribution is -2.37. The lowest BCUT2D eigenvalue weighted by molar-refractivity contribution is 0.0866. The van der Waals surface area contributed by atoms with Crippen LogP contribution in [0.4, 0.5) is 23.5 Å². The van der Waals surface area contributed by atoms with Gasteiger partial charge in [0.1, 0.15) is 11.6 Å². The molecule has 364 valence electrons. The van der Waals surface area contributed by atoms with Crippen molar-refractivity contribution in [3.05, 3.63) is 141 Å². The van der Waals surface area contributed by atoms with Gasteiger partial charge in [-0.2, -0.15) is 14.3 Å². The zero-order valence-electron chi connectivity index (χ0n) is 38.1. The fourth-order valence-electron chi connectivity index (χ4n) is 7.05. The van der Waals surface area contributed by atoms with E-state index in [1.165, 1.54) is 32.7 Å². The van der Waals surface area contributed by atoms with Crippen LogP contribution in [0.1, 0.15) is 31.2 Å². The molecule has 0 aliphatic carbocycles. The average molecular weight is 975 g/mol. The van der Waals surface area contributed by atoms with Gasteiger partial charge in [0.15, 0.2) is 45.9 Å². The Morgan fingerprint density at radius 3 is 1.65 bits per heavy atom. The molecule has 0 bridgehead atoms. The topological polar surface area (TPSA) is 194 Å². The molecule has 17 nitrogen and oxygen atoms in total. The Morgan fingerprint density at radius 1 is 0.681 bits per heavy atom. The van der Waals surface area contributed by atoms with Crippen LogP contribution < -0.4 is 41.7 Å². The van der Waals surface area contributed by atoms with Crippen molar-refractivity contribution in [2.24, 2.45) is 5.73 Å². The van der Waals surface area contributed by atoms with Gasteiger partial charge >= 0.3 is 11.1 Å². The maximum atomic E-state index is 14.0. The Kier molecular flexibility index (Phi) is 16.5. The second-order valence-electron chi connectivity index (χ2n) is 16.2. The number of nitrogens with two attached hydrogens (primary N) is 1. The molecule has 2 fully saturated rings. The summed E-state index contributed by atoms with van der Waals surface area (Å²) in [6, 6.07) is 18.4. The number of halogens is 4. The van der Waals surface area contributed by atoms with Crippen molar-refractivity contribution < 1.29 is 40.7 Å². The van der Waals surface area contributed by atoms with Crippen molar-refractivity contribution in [2.75, 3.05) is 70.0 Å². The molecule has 9 rings (SSSR count). The lowest BCUT2D eigenvalue weighted by Gasteiger charge is -2.24. The van der Waals surface area contributed by atoms with Crippen LogP contribution in [0.25, 0.3) is 22.1 Å². The molecule has 2 aliphatic heterocycles. The minimum atomic E-state index is -1.53. The van der Waals surface area contributed by atoms with E-state index in [2.05, 4.69) is 25.3 Å². The smallest absolute Gasteiger partial charge is 0.313 e. The summed E-state index contributed by atoms with van der Waals surface area (Å²) in [7, 11) is 5.06. The van der Waals surface area contributed by atoms with Crippen molar-refractivity contribution >= 4 is 38.8 Å². The number of aromatic nitrogens is 6. The van der Waals surface area contributed by atoms with E-state index in [0.29, 0.717) is 53.8 Å². The van der Waals surface area contributed by atoms with Crippen molar-refractivity contribution in [3.8, 4) is 23.0 Å². The predicted molar refractivity (Wildman–Crippen MR) is 253 cm³/mol. The van der Waals surface area contributed by atoms with Crippen LogP contribution in [0.15, 0.2) is 106 Å². The highest BCUT2D eigenvalue weighted by Crippen LogP contribution is 2.27. The van der Waals surface area contributed by atoms with E-state index < -0.39 is 45.2 Å². The Balaban J connectivity index is 0.000000179. The van der Waals surface area contributed by atoms with Gasteiger partial charge in [-0.1, -0.05) is 30.3 Å². The number of pyridine rings is 2. The molecule has 2 saturated heterocycles. The fourth-order valence-corrected chi connectivity index (χ4v) is 8.03. The molecular weight excluding hydrogens is 925 g/mol. The summed E-state index contributed by atoms with van der Waals surface area (Å²) >= 11 is 0. The van der Waals surface area contributed by atoms with Gasteiger partial charge in [-0.25, -0.2) is 32.5 Å². The van der Waals surface area contributed by atoms with Crippen LogP contribution in [0, 0.1) is 23.3 Å². The van der Waals surface area contributed by atoms with Gasteiger partial charge < -0.3 is 40.0 Å². The number of fused-ring (bicyclic) bond motifs is 2. The first-order valence-electron chi connectivity index (χ1n) is 21.7. The summed E-state index contributed by atoms with van der Waals surface area (Å²) in [6.07, 6.45) is 6.76. The fraction of sp³-hybridized carbons (Fsp3) is 0.319. The average Bonchev–Trinajstić information content (AvgIpc) is 3.32. The number of nitrogens with zero attached hydrogens (tertiary/aromatic N) is 8. The molecule has 6 heterocycles. The minimum Gasteiger partial charge on any atom is -0.448 e. The van der Waals surface area contributed by atoms with Gasteiger partial charge in [0, 0.05) is 102 Å². The Bertz CT molecular complexity index is 3040. The predicted octanol–water partition coefficient (Wildman–Crippen LogP) is 6.14. The number of rotatable bonds is 11. The van der Waals surface area contributed by atoms with E-state index in [0.717, 1.165) is 68.7 Å². The second kappa shape index (κ2) is 22.9. The summed E-state index contributed by atoms with van der Waals surface area (Å²) < 4.78 is 90.9. The van der Waals surface area contributed by atoms with E-state index >= 15 is 0 Å². The first-order valence-corrected chi connectivity index (χ1v) is 23.0. The standard InChI is InChI=1S/C22H18F2N4O3S.C20H21F2N5O3.C5H11NO/c1-27(2)28-20-15(10-19(21(28)29)31-18-9-8-16(23)11-17(18)24)12-25-22(26-20)32(30)13-14-6-4-3-5-7-14;1-26(2)27-18-12(11-23-20(25-18)24-14-5-7-29-8-6-14)9-17(19(27)28)30-16-4-3-13(21)10-15(16)22;6-5-1-3-7-4-2-5/h3-12H,13H2,1-2H3;3-4,9-11,14H,5-8H2,1-2H3,(H,23,24,25);5H,1-4,6H2. The first kappa shape index (κ1) is 49.9. The van der Waals surface area contributed by atoms with Gasteiger partial charge in [-0.15, -0.1) is 0 Å². The van der Waals surface area contributed by atoms with Crippen LogP contribution in [0.2, 0.25) is 0 Å². The van der Waals surface area contributed by atoms with Crippen LogP contribution in [0.5, 0.6) is 23.0 Å². The second-order valence-corrected chi connectivity index (χ2v) is 17.5. The molecule has 2 aliphatic rings. The van der Waals surface area contributed by atoms with Crippen LogP contribution >= 0.6 is 0 Å². The normalized spacial score (nSPS) is 14.5. The summed E-state index contributed by atoms with van der Waals surface area (Å²) in [5.41, 5.74) is 5.86. The van der Waals surface area contributed by atoms with E-state index in [1.54, 1.807) is 39.4 Å². The third-order valence-corrected chi connectivity index (χ3v) is 11.7. The molecule has 7 aromatic rings. The third-order valence-electron chi connectivity index (χ3n) is 10.5. The summed E-state index contributed by atoms with van der Waals surface area (Å²) in [4.78, 5) is 43.4. The van der Waals surface area contributed by atoms with Gasteiger partial charge in [0.2, 0.25) is 11.1 Å². The zero-order valence-corrected chi connectivity index (χ0v) is 38.9. The first-order chi connectivity index (χ1) is 33.1. The summed E-state index contributed by atoms with van der Waals surface area (Å²) in [6.45, 7) is 3.07. The number of hydrogen-bond acceptors (Lipinski definition) is 15. The lowest BCUT2D eigenvalue weighted by atomic mass is 10.1. The molecule has 3 aromatic carbocycles. The van der Waals surface area contributed by atoms with Crippen LogP contribution in [-0.2, 0) is 26.0 Å². The Labute approximate surface area is 395 Å². The number of anilines is 1. The van der Waals surface area contributed by atoms with Crippen molar-refractivity contribution in [2.45, 2.75) is 48.7 Å². The molecule has 3 N–H and O–H groups in total. The van der Waals surface area contributed by atoms with Crippen molar-refractivity contribution in [3.63, 3.8) is 0 Å². The number of nitrogens with one attached hydrogen (secondary N) is 1. The Hall–Kier alpha value is -7.01. The monoisotopic (exact) mass is 974 g/mol. The van der Waals surface area contributed by atoms with Gasteiger partial charge in [-0.3, -0.25) is 13.8 Å². The molecule has 4 aromatic heterocycles. The minimum absolute atomic E-state index is 0.0783. The molecule has 0 radical (unpaired) electrons. The summed E-state index contributed by atoms with van der Waals surface area (Å²) in [5.74, 6) is -3.58. The molecule has 1 unspecified atom stereocenters. The maximum absolute atomic E-state index is 14.0. The number of hydrogen-bond donors (Lipinski definition) is 2. The molecule has 69 heavy (non-hydrogen) atoms. The molecule has 0 spiro atoms. The number of benzene rings is 3. The summed E-state index contributed by atoms with van der Waals surface area (Å²) in [5, 5.41) is 7.30. The van der Waals surface area contributed by atoms with E-state index in [1.807, 2.05) is 30.3 Å². The molecular formula is C47H50F4N10O7S. The quantitative estimate of drug-likeness (QED) is 0.111. The SMILES string of the molecule is CN(C)n1c(=O)c(Oc2ccc(F)cc2F)cc2cnc(NC3CCOCC3)nc21.CN(C)n1c(=O)c(Oc2ccc(F)cc2F)cc2cnc(S(=O)Cc3ccccc3)nc21.NC1CCOCC1. The van der Waals surface area contributed by atoms with Gasteiger partial charge in [0.25, 0.3) is 0 Å². The molecule has 1 atom stereocenters. The van der Waals surface area contributed by atoms with Crippen molar-refractivity contribution in [1.29, 1.82) is 0 Å². The number of ether oxygens (including phenoxy) is 4. The largest absolute Gasteiger partial charge is 0.448 e.